The molecular formula is C22H20S. The van der Waals surface area contributed by atoms with Gasteiger partial charge in [-0.1, -0.05) is 42.5 Å². The Bertz CT molecular complexity index is 858. The summed E-state index contributed by atoms with van der Waals surface area (Å²) < 4.78 is 0. The van der Waals surface area contributed by atoms with Gasteiger partial charge in [-0.25, -0.2) is 0 Å². The summed E-state index contributed by atoms with van der Waals surface area (Å²) in [6.45, 7) is 0. The maximum Gasteiger partial charge on any atom is 0.0189 e. The Morgan fingerprint density at radius 1 is 0.783 bits per heavy atom. The lowest BCUT2D eigenvalue weighted by molar-refractivity contribution is 0.615. The average molecular weight is 316 g/mol. The molecule has 2 aliphatic rings. The van der Waals surface area contributed by atoms with Crippen molar-refractivity contribution in [3.05, 3.63) is 81.0 Å². The number of thiophene rings is 1. The maximum atomic E-state index is 2.41. The molecule has 3 aromatic rings. The molecule has 0 spiro atoms. The van der Waals surface area contributed by atoms with Crippen molar-refractivity contribution in [2.45, 2.75) is 38.0 Å². The molecule has 1 aromatic heterocycles. The molecule has 0 nitrogen and oxygen atoms in total. The summed E-state index contributed by atoms with van der Waals surface area (Å²) >= 11 is 1.93. The molecule has 1 heteroatoms. The van der Waals surface area contributed by atoms with E-state index < -0.39 is 0 Å². The molecular weight excluding hydrogens is 296 g/mol. The van der Waals surface area contributed by atoms with E-state index in [4.69, 9.17) is 0 Å². The fourth-order valence-corrected chi connectivity index (χ4v) is 5.43. The number of fused-ring (bicyclic) bond motifs is 5. The smallest absolute Gasteiger partial charge is 0.0189 e. The van der Waals surface area contributed by atoms with Crippen molar-refractivity contribution in [2.75, 3.05) is 0 Å². The molecule has 0 N–H and O–H groups in total. The molecule has 1 atom stereocenters. The van der Waals surface area contributed by atoms with Crippen LogP contribution in [0.1, 0.15) is 45.9 Å². The lowest BCUT2D eigenvalue weighted by Crippen LogP contribution is -2.16. The summed E-state index contributed by atoms with van der Waals surface area (Å²) in [5, 5.41) is 2.23. The topological polar surface area (TPSA) is 0 Å². The van der Waals surface area contributed by atoms with Gasteiger partial charge in [0.1, 0.15) is 0 Å². The molecule has 1 unspecified atom stereocenters. The summed E-state index contributed by atoms with van der Waals surface area (Å²) in [5.74, 6) is 0.624. The van der Waals surface area contributed by atoms with Crippen molar-refractivity contribution in [1.82, 2.24) is 0 Å². The van der Waals surface area contributed by atoms with Crippen molar-refractivity contribution in [3.8, 4) is 11.1 Å². The second kappa shape index (κ2) is 5.35. The molecule has 2 aliphatic carbocycles. The normalized spacial score (nSPS) is 18.9. The lowest BCUT2D eigenvalue weighted by Gasteiger charge is -2.31. The summed E-state index contributed by atoms with van der Waals surface area (Å²) in [6.07, 6.45) is 6.29. The predicted octanol–water partition coefficient (Wildman–Crippen LogP) is 5.98. The summed E-state index contributed by atoms with van der Waals surface area (Å²) in [7, 11) is 0. The van der Waals surface area contributed by atoms with Crippen LogP contribution in [0.3, 0.4) is 0 Å². The van der Waals surface area contributed by atoms with Crippen molar-refractivity contribution < 1.29 is 0 Å². The number of hydrogen-bond acceptors (Lipinski definition) is 1. The van der Waals surface area contributed by atoms with Gasteiger partial charge in [-0.15, -0.1) is 11.3 Å². The Kier molecular flexibility index (Phi) is 3.16. The molecule has 0 fully saturated rings. The minimum atomic E-state index is 0.624. The fraction of sp³-hybridized carbons (Fsp3) is 0.273. The number of aryl methyl sites for hydroxylation is 2. The van der Waals surface area contributed by atoms with Crippen LogP contribution >= 0.6 is 11.3 Å². The highest BCUT2D eigenvalue weighted by atomic mass is 32.1. The summed E-state index contributed by atoms with van der Waals surface area (Å²) in [6, 6.07) is 18.3. The van der Waals surface area contributed by atoms with Gasteiger partial charge in [0.15, 0.2) is 0 Å². The van der Waals surface area contributed by atoms with Crippen molar-refractivity contribution in [2.24, 2.45) is 0 Å². The van der Waals surface area contributed by atoms with Crippen LogP contribution in [0, 0.1) is 0 Å². The molecule has 0 amide bonds. The fourth-order valence-electron chi connectivity index (χ4n) is 4.56. The second-order valence-electron chi connectivity index (χ2n) is 6.78. The molecule has 0 saturated carbocycles. The Morgan fingerprint density at radius 2 is 1.74 bits per heavy atom. The largest absolute Gasteiger partial charge is 0.148 e. The Morgan fingerprint density at radius 3 is 2.65 bits per heavy atom. The maximum absolute atomic E-state index is 2.41. The van der Waals surface area contributed by atoms with Crippen LogP contribution in [0.15, 0.2) is 53.9 Å². The molecule has 1 heterocycles. The molecule has 0 saturated heterocycles. The van der Waals surface area contributed by atoms with Crippen LogP contribution in [-0.2, 0) is 19.3 Å². The van der Waals surface area contributed by atoms with E-state index in [2.05, 4.69) is 53.9 Å². The summed E-state index contributed by atoms with van der Waals surface area (Å²) in [4.78, 5) is 1.55. The Labute approximate surface area is 141 Å². The number of rotatable bonds is 1. The zero-order valence-corrected chi connectivity index (χ0v) is 14.0. The zero-order chi connectivity index (χ0) is 15.2. The highest BCUT2D eigenvalue weighted by molar-refractivity contribution is 7.10. The molecule has 114 valence electrons. The van der Waals surface area contributed by atoms with Crippen molar-refractivity contribution in [3.63, 3.8) is 0 Å². The Hall–Kier alpha value is -1.86. The van der Waals surface area contributed by atoms with Crippen LogP contribution in [0.4, 0.5) is 0 Å². The van der Waals surface area contributed by atoms with Gasteiger partial charge in [0, 0.05) is 10.8 Å². The molecule has 5 rings (SSSR count). The molecule has 0 aliphatic heterocycles. The first-order chi connectivity index (χ1) is 11.4. The molecule has 23 heavy (non-hydrogen) atoms. The lowest BCUT2D eigenvalue weighted by atomic mass is 9.73. The predicted molar refractivity (Wildman–Crippen MR) is 98.4 cm³/mol. The van der Waals surface area contributed by atoms with Gasteiger partial charge >= 0.3 is 0 Å². The standard InChI is InChI=1S/C22H20S/c1-2-7-17-15(5-1)10-13-19-18(17)12-11-16-6-3-8-20(22(16)19)21-9-4-14-23-21/h1-2,4-5,7,9,11-12,14,20H,3,6,8,10,13H2. The van der Waals surface area contributed by atoms with Crippen molar-refractivity contribution in [1.29, 1.82) is 0 Å². The highest BCUT2D eigenvalue weighted by Crippen LogP contribution is 2.45. The highest BCUT2D eigenvalue weighted by Gasteiger charge is 2.28. The van der Waals surface area contributed by atoms with Gasteiger partial charge in [-0.2, -0.15) is 0 Å². The van der Waals surface area contributed by atoms with E-state index in [0.29, 0.717) is 5.92 Å². The number of hydrogen-bond donors (Lipinski definition) is 0. The third-order valence-electron chi connectivity index (χ3n) is 5.57. The van der Waals surface area contributed by atoms with E-state index >= 15 is 0 Å². The number of benzene rings is 2. The van der Waals surface area contributed by atoms with Gasteiger partial charge < -0.3 is 0 Å². The van der Waals surface area contributed by atoms with E-state index in [-0.39, 0.29) is 0 Å². The van der Waals surface area contributed by atoms with E-state index in [1.165, 1.54) is 48.8 Å². The Balaban J connectivity index is 1.74. The summed E-state index contributed by atoms with van der Waals surface area (Å²) in [5.41, 5.74) is 9.39. The molecule has 0 bridgehead atoms. The minimum Gasteiger partial charge on any atom is -0.148 e. The minimum absolute atomic E-state index is 0.624. The molecule has 2 aromatic carbocycles. The quantitative estimate of drug-likeness (QED) is 0.518. The first-order valence-electron chi connectivity index (χ1n) is 8.68. The van der Waals surface area contributed by atoms with Crippen LogP contribution in [0.25, 0.3) is 11.1 Å². The van der Waals surface area contributed by atoms with E-state index in [9.17, 15) is 0 Å². The van der Waals surface area contributed by atoms with Crippen LogP contribution in [0.2, 0.25) is 0 Å². The van der Waals surface area contributed by atoms with Gasteiger partial charge in [0.2, 0.25) is 0 Å². The van der Waals surface area contributed by atoms with Crippen LogP contribution in [0.5, 0.6) is 0 Å². The monoisotopic (exact) mass is 316 g/mol. The van der Waals surface area contributed by atoms with E-state index in [1.807, 2.05) is 11.3 Å². The third kappa shape index (κ3) is 2.10. The molecule has 0 radical (unpaired) electrons. The van der Waals surface area contributed by atoms with Gasteiger partial charge in [-0.05, 0) is 76.9 Å². The van der Waals surface area contributed by atoms with Gasteiger partial charge in [0.05, 0.1) is 0 Å². The van der Waals surface area contributed by atoms with Crippen LogP contribution in [-0.4, -0.2) is 0 Å². The van der Waals surface area contributed by atoms with E-state index in [0.717, 1.165) is 0 Å². The third-order valence-corrected chi connectivity index (χ3v) is 6.56. The van der Waals surface area contributed by atoms with Crippen LogP contribution < -0.4 is 0 Å². The first-order valence-corrected chi connectivity index (χ1v) is 9.56. The van der Waals surface area contributed by atoms with Gasteiger partial charge in [0.25, 0.3) is 0 Å². The second-order valence-corrected chi connectivity index (χ2v) is 7.76. The average Bonchev–Trinajstić information content (AvgIpc) is 3.15. The first kappa shape index (κ1) is 13.6. The van der Waals surface area contributed by atoms with Gasteiger partial charge in [-0.3, -0.25) is 0 Å². The van der Waals surface area contributed by atoms with E-state index in [1.54, 1.807) is 21.6 Å². The SMILES string of the molecule is c1csc(C2CCCc3ccc4c(c32)CCc2ccccc2-4)c1. The zero-order valence-electron chi connectivity index (χ0n) is 13.2. The van der Waals surface area contributed by atoms with Crippen molar-refractivity contribution >= 4 is 11.3 Å².